The van der Waals surface area contributed by atoms with Gasteiger partial charge in [-0.3, -0.25) is 0 Å². The molecule has 1 N–H and O–H groups in total. The van der Waals surface area contributed by atoms with Gasteiger partial charge in [-0.2, -0.15) is 0 Å². The fourth-order valence-electron chi connectivity index (χ4n) is 2.10. The Morgan fingerprint density at radius 2 is 1.73 bits per heavy atom. The summed E-state index contributed by atoms with van der Waals surface area (Å²) < 4.78 is 15.3. The number of hydrogen-bond acceptors (Lipinski definition) is 7. The summed E-state index contributed by atoms with van der Waals surface area (Å²) >= 11 is 0.725. The number of hydrogen-bond donors (Lipinski definition) is 1. The lowest BCUT2D eigenvalue weighted by atomic mass is 10.2. The van der Waals surface area contributed by atoms with Gasteiger partial charge in [0.2, 0.25) is 0 Å². The predicted octanol–water partition coefficient (Wildman–Crippen LogP) is 3.55. The number of thiophene rings is 1. The molecule has 26 heavy (non-hydrogen) atoms. The molecule has 8 heteroatoms. The molecule has 0 amide bonds. The molecule has 0 saturated heterocycles. The van der Waals surface area contributed by atoms with Crippen LogP contribution in [0.4, 0.5) is 0 Å². The van der Waals surface area contributed by atoms with Crippen LogP contribution in [0.15, 0.2) is 24.3 Å². The van der Waals surface area contributed by atoms with E-state index >= 15 is 0 Å². The van der Waals surface area contributed by atoms with Crippen molar-refractivity contribution in [1.29, 1.82) is 0 Å². The van der Waals surface area contributed by atoms with Crippen molar-refractivity contribution < 1.29 is 33.7 Å². The topological polar surface area (TPSA) is 99.1 Å². The molecule has 7 nitrogen and oxygen atoms in total. The average molecular weight is 378 g/mol. The number of rotatable bonds is 7. The number of ether oxygens (including phenoxy) is 3. The van der Waals surface area contributed by atoms with Crippen LogP contribution in [0.5, 0.6) is 11.5 Å². The Bertz CT molecular complexity index is 821. The Balaban J connectivity index is 2.31. The second-order valence-electron chi connectivity index (χ2n) is 5.27. The van der Waals surface area contributed by atoms with Gasteiger partial charge in [0.1, 0.15) is 10.6 Å². The highest BCUT2D eigenvalue weighted by Crippen LogP contribution is 2.36. The molecule has 0 saturated carbocycles. The number of methoxy groups -OCH3 is 1. The maximum atomic E-state index is 12.3. The molecule has 0 unspecified atom stereocenters. The van der Waals surface area contributed by atoms with Crippen molar-refractivity contribution in [1.82, 2.24) is 0 Å². The van der Waals surface area contributed by atoms with E-state index in [2.05, 4.69) is 0 Å². The molecule has 0 bridgehead atoms. The number of benzene rings is 1. The Kier molecular flexibility index (Phi) is 6.35. The van der Waals surface area contributed by atoms with Gasteiger partial charge in [0.15, 0.2) is 10.6 Å². The van der Waals surface area contributed by atoms with Gasteiger partial charge < -0.3 is 19.3 Å². The van der Waals surface area contributed by atoms with Crippen LogP contribution in [0.3, 0.4) is 0 Å². The Morgan fingerprint density at radius 1 is 1.08 bits per heavy atom. The third kappa shape index (κ3) is 4.20. The third-order valence-corrected chi connectivity index (χ3v) is 4.67. The first-order valence-corrected chi connectivity index (χ1v) is 8.60. The zero-order valence-corrected chi connectivity index (χ0v) is 15.3. The number of esters is 2. The van der Waals surface area contributed by atoms with Gasteiger partial charge in [0.25, 0.3) is 0 Å². The van der Waals surface area contributed by atoms with E-state index in [1.807, 2.05) is 6.92 Å². The summed E-state index contributed by atoms with van der Waals surface area (Å²) in [5, 5.41) is 9.36. The standard InChI is InChI=1S/C18H18O7S/c1-4-9-24-18(22)14-10(2)13(15(26-14)16(19)20)25-17(21)11-5-7-12(23-3)8-6-11/h5-8H,4,9H2,1-3H3,(H,19,20). The average Bonchev–Trinajstić information content (AvgIpc) is 2.96. The van der Waals surface area contributed by atoms with Gasteiger partial charge in [0, 0.05) is 5.56 Å². The largest absolute Gasteiger partial charge is 0.497 e. The zero-order valence-electron chi connectivity index (χ0n) is 14.5. The molecule has 1 aromatic heterocycles. The first-order chi connectivity index (χ1) is 12.4. The quantitative estimate of drug-likeness (QED) is 0.736. The van der Waals surface area contributed by atoms with Crippen molar-refractivity contribution in [3.05, 3.63) is 45.1 Å². The molecule has 2 rings (SSSR count). The number of carbonyl (C=O) groups is 3. The minimum atomic E-state index is -1.29. The maximum Gasteiger partial charge on any atom is 0.349 e. The number of aromatic carboxylic acids is 1. The van der Waals surface area contributed by atoms with Crippen LogP contribution in [-0.2, 0) is 4.74 Å². The van der Waals surface area contributed by atoms with E-state index in [1.54, 1.807) is 12.1 Å². The summed E-state index contributed by atoms with van der Waals surface area (Å²) in [7, 11) is 1.50. The number of carboxylic acid groups (broad SMARTS) is 1. The minimum absolute atomic E-state index is 0.105. The molecule has 1 aromatic carbocycles. The van der Waals surface area contributed by atoms with E-state index < -0.39 is 17.9 Å². The third-order valence-electron chi connectivity index (χ3n) is 3.43. The fourth-order valence-corrected chi connectivity index (χ4v) is 3.06. The van der Waals surface area contributed by atoms with Gasteiger partial charge in [-0.05, 0) is 37.6 Å². The molecular formula is C18H18O7S. The van der Waals surface area contributed by atoms with E-state index in [-0.39, 0.29) is 33.2 Å². The maximum absolute atomic E-state index is 12.3. The first-order valence-electron chi connectivity index (χ1n) is 7.79. The number of carbonyl (C=O) groups excluding carboxylic acids is 2. The normalized spacial score (nSPS) is 10.3. The summed E-state index contributed by atoms with van der Waals surface area (Å²) in [5.74, 6) is -2.23. The van der Waals surface area contributed by atoms with Crippen molar-refractivity contribution in [3.63, 3.8) is 0 Å². The van der Waals surface area contributed by atoms with E-state index in [9.17, 15) is 19.5 Å². The lowest BCUT2D eigenvalue weighted by Gasteiger charge is -2.07. The molecule has 0 aliphatic carbocycles. The summed E-state index contributed by atoms with van der Waals surface area (Å²) in [6.07, 6.45) is 0.640. The number of carboxylic acids is 1. The Hall–Kier alpha value is -2.87. The highest BCUT2D eigenvalue weighted by atomic mass is 32.1. The van der Waals surface area contributed by atoms with Crippen molar-refractivity contribution in [2.75, 3.05) is 13.7 Å². The van der Waals surface area contributed by atoms with Gasteiger partial charge >= 0.3 is 17.9 Å². The zero-order chi connectivity index (χ0) is 19.3. The first kappa shape index (κ1) is 19.5. The molecule has 0 spiro atoms. The highest BCUT2D eigenvalue weighted by molar-refractivity contribution is 7.16. The minimum Gasteiger partial charge on any atom is -0.497 e. The van der Waals surface area contributed by atoms with Crippen LogP contribution < -0.4 is 9.47 Å². The monoisotopic (exact) mass is 378 g/mol. The van der Waals surface area contributed by atoms with Gasteiger partial charge in [0.05, 0.1) is 19.3 Å². The molecular weight excluding hydrogens is 360 g/mol. The smallest absolute Gasteiger partial charge is 0.349 e. The molecule has 0 atom stereocenters. The molecule has 0 radical (unpaired) electrons. The summed E-state index contributed by atoms with van der Waals surface area (Å²) in [6, 6.07) is 6.17. The van der Waals surface area contributed by atoms with Crippen molar-refractivity contribution in [2.24, 2.45) is 0 Å². The van der Waals surface area contributed by atoms with Crippen LogP contribution in [0, 0.1) is 6.92 Å². The lowest BCUT2D eigenvalue weighted by Crippen LogP contribution is -2.11. The van der Waals surface area contributed by atoms with Crippen molar-refractivity contribution in [2.45, 2.75) is 20.3 Å². The van der Waals surface area contributed by atoms with Crippen LogP contribution in [-0.4, -0.2) is 36.7 Å². The summed E-state index contributed by atoms with van der Waals surface area (Å²) in [4.78, 5) is 35.8. The fraction of sp³-hybridized carbons (Fsp3) is 0.278. The van der Waals surface area contributed by atoms with Crippen LogP contribution in [0.25, 0.3) is 0 Å². The Morgan fingerprint density at radius 3 is 2.27 bits per heavy atom. The van der Waals surface area contributed by atoms with E-state index in [1.165, 1.54) is 26.2 Å². The van der Waals surface area contributed by atoms with E-state index in [0.717, 1.165) is 11.3 Å². The van der Waals surface area contributed by atoms with Gasteiger partial charge in [-0.1, -0.05) is 6.92 Å². The second-order valence-corrected chi connectivity index (χ2v) is 6.29. The van der Waals surface area contributed by atoms with Crippen LogP contribution >= 0.6 is 11.3 Å². The predicted molar refractivity (Wildman–Crippen MR) is 94.5 cm³/mol. The highest BCUT2D eigenvalue weighted by Gasteiger charge is 2.28. The molecule has 0 aliphatic rings. The van der Waals surface area contributed by atoms with Crippen LogP contribution in [0.2, 0.25) is 0 Å². The van der Waals surface area contributed by atoms with E-state index in [4.69, 9.17) is 14.2 Å². The molecule has 2 aromatic rings. The van der Waals surface area contributed by atoms with Crippen LogP contribution in [0.1, 0.15) is 48.6 Å². The summed E-state index contributed by atoms with van der Waals surface area (Å²) in [5.41, 5.74) is 0.484. The van der Waals surface area contributed by atoms with Gasteiger partial charge in [-0.15, -0.1) is 11.3 Å². The second kappa shape index (κ2) is 8.48. The lowest BCUT2D eigenvalue weighted by molar-refractivity contribution is 0.0508. The van der Waals surface area contributed by atoms with Crippen molar-refractivity contribution in [3.8, 4) is 11.5 Å². The molecule has 138 valence electrons. The summed E-state index contributed by atoms with van der Waals surface area (Å²) in [6.45, 7) is 3.58. The molecule has 1 heterocycles. The van der Waals surface area contributed by atoms with Crippen molar-refractivity contribution >= 4 is 29.2 Å². The molecule has 0 fully saturated rings. The SMILES string of the molecule is CCCOC(=O)c1sc(C(=O)O)c(OC(=O)c2ccc(OC)cc2)c1C. The Labute approximate surface area is 154 Å². The van der Waals surface area contributed by atoms with Gasteiger partial charge in [-0.25, -0.2) is 14.4 Å². The molecule has 0 aliphatic heterocycles. The van der Waals surface area contributed by atoms with E-state index in [0.29, 0.717) is 12.2 Å².